The fraction of sp³-hybridized carbons (Fsp3) is 0.520. The Balaban J connectivity index is 1.91. The van der Waals surface area contributed by atoms with E-state index < -0.39 is 10.1 Å². The summed E-state index contributed by atoms with van der Waals surface area (Å²) in [6.45, 7) is 2.23. The van der Waals surface area contributed by atoms with Gasteiger partial charge in [0.15, 0.2) is 0 Å². The zero-order valence-electron chi connectivity index (χ0n) is 18.6. The Kier molecular flexibility index (Phi) is 10.9. The summed E-state index contributed by atoms with van der Waals surface area (Å²) in [6, 6.07) is 11.5. The van der Waals surface area contributed by atoms with Crippen LogP contribution in [0.4, 0.5) is 0 Å². The Morgan fingerprint density at radius 1 is 0.806 bits per heavy atom. The molecule has 0 aromatic heterocycles. The summed E-state index contributed by atoms with van der Waals surface area (Å²) in [7, 11) is -4.48. The van der Waals surface area contributed by atoms with Gasteiger partial charge >= 0.3 is 0 Å². The zero-order valence-corrected chi connectivity index (χ0v) is 19.4. The van der Waals surface area contributed by atoms with E-state index in [1.54, 1.807) is 12.1 Å². The molecule has 2 rings (SSSR count). The predicted molar refractivity (Wildman–Crippen MR) is 125 cm³/mol. The van der Waals surface area contributed by atoms with Gasteiger partial charge in [0, 0.05) is 17.7 Å². The van der Waals surface area contributed by atoms with E-state index in [0.717, 1.165) is 25.3 Å². The van der Waals surface area contributed by atoms with E-state index in [1.807, 2.05) is 18.2 Å². The molecule has 0 saturated heterocycles. The summed E-state index contributed by atoms with van der Waals surface area (Å²) in [5, 5.41) is 9.96. The fourth-order valence-electron chi connectivity index (χ4n) is 3.76. The molecule has 0 atom stereocenters. The van der Waals surface area contributed by atoms with Crippen LogP contribution in [0, 0.1) is 0 Å². The molecular weight excluding hydrogens is 412 g/mol. The number of hydrogen-bond donors (Lipinski definition) is 2. The van der Waals surface area contributed by atoms with Crippen LogP contribution in [0.1, 0.15) is 83.1 Å². The van der Waals surface area contributed by atoms with Gasteiger partial charge in [-0.3, -0.25) is 4.55 Å². The maximum atomic E-state index is 11.9. The highest BCUT2D eigenvalue weighted by Crippen LogP contribution is 2.35. The summed E-state index contributed by atoms with van der Waals surface area (Å²) >= 11 is 0. The van der Waals surface area contributed by atoms with Crippen LogP contribution < -0.4 is 4.74 Å². The van der Waals surface area contributed by atoms with Gasteiger partial charge in [0.25, 0.3) is 10.1 Å². The van der Waals surface area contributed by atoms with Gasteiger partial charge in [-0.1, -0.05) is 89.3 Å². The maximum Gasteiger partial charge on any atom is 0.295 e. The number of ether oxygens (including phenoxy) is 1. The van der Waals surface area contributed by atoms with Gasteiger partial charge in [-0.15, -0.1) is 0 Å². The Bertz CT molecular complexity index is 878. The van der Waals surface area contributed by atoms with Crippen LogP contribution >= 0.6 is 0 Å². The largest absolute Gasteiger partial charge is 0.508 e. The lowest BCUT2D eigenvalue weighted by molar-refractivity contribution is 0.440. The lowest BCUT2D eigenvalue weighted by Gasteiger charge is -2.15. The highest BCUT2D eigenvalue weighted by Gasteiger charge is 2.21. The van der Waals surface area contributed by atoms with Crippen LogP contribution in [0.15, 0.2) is 47.4 Å². The van der Waals surface area contributed by atoms with Crippen LogP contribution in [0.5, 0.6) is 17.2 Å². The van der Waals surface area contributed by atoms with Crippen LogP contribution in [0.25, 0.3) is 0 Å². The second kappa shape index (κ2) is 13.4. The number of benzene rings is 2. The van der Waals surface area contributed by atoms with E-state index in [2.05, 4.69) is 6.92 Å². The van der Waals surface area contributed by atoms with E-state index in [1.165, 1.54) is 57.4 Å². The third kappa shape index (κ3) is 9.32. The molecule has 0 amide bonds. The first-order valence-corrected chi connectivity index (χ1v) is 12.9. The van der Waals surface area contributed by atoms with E-state index in [9.17, 15) is 18.1 Å². The average Bonchev–Trinajstić information content (AvgIpc) is 2.73. The molecule has 0 aliphatic carbocycles. The smallest absolute Gasteiger partial charge is 0.295 e. The van der Waals surface area contributed by atoms with Gasteiger partial charge < -0.3 is 9.84 Å². The number of unbranched alkanes of at least 4 members (excludes halogenated alkanes) is 10. The van der Waals surface area contributed by atoms with Crippen molar-refractivity contribution in [1.29, 1.82) is 0 Å². The second-order valence-corrected chi connectivity index (χ2v) is 9.49. The third-order valence-corrected chi connectivity index (χ3v) is 6.35. The number of rotatable bonds is 15. The molecule has 0 heterocycles. The third-order valence-electron chi connectivity index (χ3n) is 5.43. The molecule has 0 saturated carbocycles. The molecule has 5 nitrogen and oxygen atoms in total. The van der Waals surface area contributed by atoms with Crippen molar-refractivity contribution >= 4 is 10.1 Å². The summed E-state index contributed by atoms with van der Waals surface area (Å²) in [5.74, 6) is 0.529. The maximum absolute atomic E-state index is 11.9. The molecular formula is C25H36O5S. The predicted octanol–water partition coefficient (Wildman–Crippen LogP) is 7.28. The number of para-hydroxylation sites is 1. The summed E-state index contributed by atoms with van der Waals surface area (Å²) < 4.78 is 39.3. The van der Waals surface area contributed by atoms with Gasteiger partial charge in [-0.25, -0.2) is 0 Å². The Morgan fingerprint density at radius 2 is 1.35 bits per heavy atom. The lowest BCUT2D eigenvalue weighted by Crippen LogP contribution is -2.05. The first-order valence-electron chi connectivity index (χ1n) is 11.5. The molecule has 172 valence electrons. The molecule has 2 N–H and O–H groups in total. The topological polar surface area (TPSA) is 83.8 Å². The molecule has 0 spiro atoms. The van der Waals surface area contributed by atoms with Crippen molar-refractivity contribution in [2.45, 2.75) is 88.9 Å². The van der Waals surface area contributed by atoms with E-state index in [4.69, 9.17) is 4.74 Å². The zero-order chi connectivity index (χ0) is 22.5. The number of hydrogen-bond acceptors (Lipinski definition) is 4. The SMILES string of the molecule is CCCCCCCCCCCCCc1c(Oc2ccccc2)cc(O)cc1S(=O)(=O)O. The molecule has 0 bridgehead atoms. The van der Waals surface area contributed by atoms with Gasteiger partial charge in [0.1, 0.15) is 22.1 Å². The van der Waals surface area contributed by atoms with Crippen molar-refractivity contribution in [3.05, 3.63) is 48.0 Å². The number of phenols is 1. The van der Waals surface area contributed by atoms with Crippen LogP contribution in [0.2, 0.25) is 0 Å². The quantitative estimate of drug-likeness (QED) is 0.221. The normalized spacial score (nSPS) is 11.5. The van der Waals surface area contributed by atoms with E-state index in [-0.39, 0.29) is 16.4 Å². The monoisotopic (exact) mass is 448 g/mol. The van der Waals surface area contributed by atoms with Crippen molar-refractivity contribution in [3.8, 4) is 17.2 Å². The average molecular weight is 449 g/mol. The Morgan fingerprint density at radius 3 is 1.90 bits per heavy atom. The molecule has 0 unspecified atom stereocenters. The highest BCUT2D eigenvalue weighted by atomic mass is 32.2. The molecule has 0 aliphatic rings. The van der Waals surface area contributed by atoms with Crippen molar-refractivity contribution in [3.63, 3.8) is 0 Å². The summed E-state index contributed by atoms with van der Waals surface area (Å²) in [5.41, 5.74) is 0.403. The van der Waals surface area contributed by atoms with Crippen LogP contribution in [-0.2, 0) is 16.5 Å². The van der Waals surface area contributed by atoms with Gasteiger partial charge in [0.2, 0.25) is 0 Å². The van der Waals surface area contributed by atoms with Gasteiger partial charge in [0.05, 0.1) is 0 Å². The molecule has 2 aromatic carbocycles. The first-order chi connectivity index (χ1) is 14.9. The summed E-state index contributed by atoms with van der Waals surface area (Å²) in [6.07, 6.45) is 13.6. The van der Waals surface area contributed by atoms with Crippen molar-refractivity contribution in [2.75, 3.05) is 0 Å². The fourth-order valence-corrected chi connectivity index (χ4v) is 4.54. The number of phenolic OH excluding ortho intramolecular Hbond substituents is 1. The highest BCUT2D eigenvalue weighted by molar-refractivity contribution is 7.85. The van der Waals surface area contributed by atoms with Crippen molar-refractivity contribution < 1.29 is 22.8 Å². The Hall–Kier alpha value is -2.05. The standard InChI is InChI=1S/C25H36O5S/c1-2-3-4-5-6-7-8-9-10-11-15-18-23-24(30-22-16-13-12-14-17-22)19-21(26)20-25(23)31(27,28)29/h12-14,16-17,19-20,26H,2-11,15,18H2,1H3,(H,27,28,29). The second-order valence-electron chi connectivity index (χ2n) is 8.10. The molecule has 2 aromatic rings. The van der Waals surface area contributed by atoms with Crippen LogP contribution in [-0.4, -0.2) is 18.1 Å². The molecule has 0 aliphatic heterocycles. The summed E-state index contributed by atoms with van der Waals surface area (Å²) in [4.78, 5) is -0.287. The first kappa shape index (κ1) is 25.2. The van der Waals surface area contributed by atoms with Gasteiger partial charge in [-0.2, -0.15) is 8.42 Å². The minimum absolute atomic E-state index is 0.255. The minimum atomic E-state index is -4.48. The van der Waals surface area contributed by atoms with E-state index >= 15 is 0 Å². The number of aromatic hydroxyl groups is 1. The molecule has 6 heteroatoms. The van der Waals surface area contributed by atoms with Crippen molar-refractivity contribution in [1.82, 2.24) is 0 Å². The van der Waals surface area contributed by atoms with Crippen LogP contribution in [0.3, 0.4) is 0 Å². The van der Waals surface area contributed by atoms with Crippen molar-refractivity contribution in [2.24, 2.45) is 0 Å². The minimum Gasteiger partial charge on any atom is -0.508 e. The molecule has 0 fully saturated rings. The Labute approximate surface area is 187 Å². The molecule has 31 heavy (non-hydrogen) atoms. The van der Waals surface area contributed by atoms with Gasteiger partial charge in [-0.05, 0) is 25.0 Å². The van der Waals surface area contributed by atoms with E-state index in [0.29, 0.717) is 17.7 Å². The lowest BCUT2D eigenvalue weighted by atomic mass is 10.0. The molecule has 0 radical (unpaired) electrons.